The van der Waals surface area contributed by atoms with Crippen LogP contribution in [0.25, 0.3) is 0 Å². The zero-order valence-electron chi connectivity index (χ0n) is 13.1. The third-order valence-corrected chi connectivity index (χ3v) is 4.06. The molecular weight excluding hydrogens is 324 g/mol. The van der Waals surface area contributed by atoms with Crippen LogP contribution in [0.15, 0.2) is 5.38 Å². The number of hydrogen-bond acceptors (Lipinski definition) is 5. The van der Waals surface area contributed by atoms with Gasteiger partial charge in [0.15, 0.2) is 5.13 Å². The number of anilines is 1. The van der Waals surface area contributed by atoms with Crippen molar-refractivity contribution in [2.75, 3.05) is 31.5 Å². The smallest absolute Gasteiger partial charge is 0.231 e. The van der Waals surface area contributed by atoms with E-state index in [2.05, 4.69) is 15.6 Å². The Morgan fingerprint density at radius 3 is 2.59 bits per heavy atom. The lowest BCUT2D eigenvalue weighted by molar-refractivity contribution is -0.131. The highest BCUT2D eigenvalue weighted by atomic mass is 35.5. The van der Waals surface area contributed by atoms with Gasteiger partial charge in [-0.1, -0.05) is 20.8 Å². The number of halogens is 1. The van der Waals surface area contributed by atoms with Crippen LogP contribution < -0.4 is 10.6 Å². The summed E-state index contributed by atoms with van der Waals surface area (Å²) >= 11 is 1.36. The number of carbonyl (C=O) groups excluding carboxylic acids is 2. The number of rotatable bonds is 3. The first-order chi connectivity index (χ1) is 9.86. The molecule has 1 fully saturated rings. The van der Waals surface area contributed by atoms with Crippen LogP contribution in [0.5, 0.6) is 0 Å². The van der Waals surface area contributed by atoms with Crippen LogP contribution >= 0.6 is 23.7 Å². The van der Waals surface area contributed by atoms with Crippen molar-refractivity contribution in [2.45, 2.75) is 27.2 Å². The number of piperazine rings is 1. The Labute approximate surface area is 141 Å². The van der Waals surface area contributed by atoms with Crippen molar-refractivity contribution in [3.8, 4) is 0 Å². The lowest BCUT2D eigenvalue weighted by Crippen LogP contribution is -2.46. The molecule has 22 heavy (non-hydrogen) atoms. The fraction of sp³-hybridized carbons (Fsp3) is 0.643. The molecule has 0 radical (unpaired) electrons. The Kier molecular flexibility index (Phi) is 6.77. The van der Waals surface area contributed by atoms with Gasteiger partial charge >= 0.3 is 0 Å². The number of nitrogens with one attached hydrogen (secondary N) is 2. The Morgan fingerprint density at radius 2 is 2.00 bits per heavy atom. The minimum Gasteiger partial charge on any atom is -0.340 e. The highest BCUT2D eigenvalue weighted by Crippen LogP contribution is 2.21. The van der Waals surface area contributed by atoms with Crippen LogP contribution in [-0.4, -0.2) is 47.9 Å². The maximum absolute atomic E-state index is 12.1. The molecule has 2 heterocycles. The molecule has 2 rings (SSSR count). The number of thiazole rings is 1. The summed E-state index contributed by atoms with van der Waals surface area (Å²) in [6, 6.07) is 0. The molecule has 2 N–H and O–H groups in total. The van der Waals surface area contributed by atoms with Gasteiger partial charge in [0.05, 0.1) is 12.1 Å². The molecule has 8 heteroatoms. The standard InChI is InChI=1S/C14H22N4O2S.ClH/c1-14(2,3)12(20)17-13-16-10(9-21-13)8-11(19)18-6-4-15-5-7-18;/h9,15H,4-8H2,1-3H3,(H,16,17,20);1H. The van der Waals surface area contributed by atoms with Gasteiger partial charge in [0, 0.05) is 37.0 Å². The summed E-state index contributed by atoms with van der Waals surface area (Å²) in [5.74, 6) is 0.0207. The summed E-state index contributed by atoms with van der Waals surface area (Å²) in [5, 5.41) is 8.39. The molecule has 6 nitrogen and oxygen atoms in total. The minimum absolute atomic E-state index is 0. The van der Waals surface area contributed by atoms with E-state index >= 15 is 0 Å². The first-order valence-corrected chi connectivity index (χ1v) is 7.98. The van der Waals surface area contributed by atoms with E-state index in [9.17, 15) is 9.59 Å². The molecule has 0 atom stereocenters. The Balaban J connectivity index is 0.00000242. The third-order valence-electron chi connectivity index (χ3n) is 3.26. The zero-order valence-corrected chi connectivity index (χ0v) is 14.8. The van der Waals surface area contributed by atoms with Crippen LogP contribution in [0, 0.1) is 5.41 Å². The largest absolute Gasteiger partial charge is 0.340 e. The van der Waals surface area contributed by atoms with Gasteiger partial charge in [0.25, 0.3) is 0 Å². The predicted molar refractivity (Wildman–Crippen MR) is 90.6 cm³/mol. The molecule has 0 aliphatic carbocycles. The molecule has 1 saturated heterocycles. The predicted octanol–water partition coefficient (Wildman–Crippen LogP) is 1.52. The van der Waals surface area contributed by atoms with E-state index in [1.807, 2.05) is 31.1 Å². The molecule has 1 aromatic heterocycles. The van der Waals surface area contributed by atoms with Gasteiger partial charge in [-0.05, 0) is 0 Å². The van der Waals surface area contributed by atoms with Crippen LogP contribution in [-0.2, 0) is 16.0 Å². The number of nitrogens with zero attached hydrogens (tertiary/aromatic N) is 2. The van der Waals surface area contributed by atoms with E-state index in [0.717, 1.165) is 26.2 Å². The summed E-state index contributed by atoms with van der Waals surface area (Å²) in [4.78, 5) is 30.2. The monoisotopic (exact) mass is 346 g/mol. The molecule has 0 spiro atoms. The highest BCUT2D eigenvalue weighted by molar-refractivity contribution is 7.13. The first kappa shape index (κ1) is 18.9. The van der Waals surface area contributed by atoms with Crippen molar-refractivity contribution in [2.24, 2.45) is 5.41 Å². The van der Waals surface area contributed by atoms with Crippen LogP contribution in [0.4, 0.5) is 5.13 Å². The highest BCUT2D eigenvalue weighted by Gasteiger charge is 2.23. The lowest BCUT2D eigenvalue weighted by atomic mass is 9.96. The van der Waals surface area contributed by atoms with E-state index in [1.165, 1.54) is 11.3 Å². The minimum atomic E-state index is -0.456. The molecule has 1 aliphatic rings. The lowest BCUT2D eigenvalue weighted by Gasteiger charge is -2.27. The molecule has 0 aromatic carbocycles. The average Bonchev–Trinajstić information content (AvgIpc) is 2.86. The van der Waals surface area contributed by atoms with Gasteiger partial charge in [-0.25, -0.2) is 4.98 Å². The Hall–Kier alpha value is -1.18. The summed E-state index contributed by atoms with van der Waals surface area (Å²) in [6.45, 7) is 8.73. The number of aromatic nitrogens is 1. The van der Waals surface area contributed by atoms with Gasteiger partial charge in [-0.2, -0.15) is 0 Å². The van der Waals surface area contributed by atoms with Crippen molar-refractivity contribution in [3.63, 3.8) is 0 Å². The fourth-order valence-electron chi connectivity index (χ4n) is 1.91. The molecule has 124 valence electrons. The molecule has 0 saturated carbocycles. The quantitative estimate of drug-likeness (QED) is 0.870. The third kappa shape index (κ3) is 5.23. The second kappa shape index (κ2) is 7.89. The van der Waals surface area contributed by atoms with E-state index in [4.69, 9.17) is 0 Å². The van der Waals surface area contributed by atoms with E-state index in [1.54, 1.807) is 0 Å². The SMILES string of the molecule is CC(C)(C)C(=O)Nc1nc(CC(=O)N2CCNCC2)cs1.Cl. The number of amides is 2. The van der Waals surface area contributed by atoms with Crippen LogP contribution in [0.3, 0.4) is 0 Å². The summed E-state index contributed by atoms with van der Waals surface area (Å²) in [5.41, 5.74) is 0.260. The second-order valence-electron chi connectivity index (χ2n) is 6.16. The number of hydrogen-bond donors (Lipinski definition) is 2. The van der Waals surface area contributed by atoms with Gasteiger partial charge in [-0.3, -0.25) is 9.59 Å². The normalized spacial score (nSPS) is 15.1. The molecular formula is C14H23ClN4O2S. The summed E-state index contributed by atoms with van der Waals surface area (Å²) in [7, 11) is 0. The van der Waals surface area contributed by atoms with Crippen molar-refractivity contribution in [1.29, 1.82) is 0 Å². The van der Waals surface area contributed by atoms with E-state index < -0.39 is 5.41 Å². The summed E-state index contributed by atoms with van der Waals surface area (Å²) < 4.78 is 0. The van der Waals surface area contributed by atoms with Gasteiger partial charge in [0.1, 0.15) is 0 Å². The second-order valence-corrected chi connectivity index (χ2v) is 7.01. The average molecular weight is 347 g/mol. The number of carbonyl (C=O) groups is 2. The maximum atomic E-state index is 12.1. The van der Waals surface area contributed by atoms with Crippen molar-refractivity contribution in [3.05, 3.63) is 11.1 Å². The first-order valence-electron chi connectivity index (χ1n) is 7.10. The van der Waals surface area contributed by atoms with Gasteiger partial charge < -0.3 is 15.5 Å². The fourth-order valence-corrected chi connectivity index (χ4v) is 2.62. The molecule has 1 aromatic rings. The van der Waals surface area contributed by atoms with Gasteiger partial charge in [0.2, 0.25) is 11.8 Å². The van der Waals surface area contributed by atoms with Crippen LogP contribution in [0.2, 0.25) is 0 Å². The molecule has 2 amide bonds. The zero-order chi connectivity index (χ0) is 15.5. The van der Waals surface area contributed by atoms with Crippen molar-refractivity contribution >= 4 is 40.7 Å². The molecule has 1 aliphatic heterocycles. The topological polar surface area (TPSA) is 74.3 Å². The maximum Gasteiger partial charge on any atom is 0.231 e. The summed E-state index contributed by atoms with van der Waals surface area (Å²) in [6.07, 6.45) is 0.294. The molecule has 0 bridgehead atoms. The van der Waals surface area contributed by atoms with Crippen LogP contribution in [0.1, 0.15) is 26.5 Å². The van der Waals surface area contributed by atoms with E-state index in [-0.39, 0.29) is 24.2 Å². The van der Waals surface area contributed by atoms with Gasteiger partial charge in [-0.15, -0.1) is 23.7 Å². The Bertz CT molecular complexity index is 521. The Morgan fingerprint density at radius 1 is 1.36 bits per heavy atom. The van der Waals surface area contributed by atoms with E-state index in [0.29, 0.717) is 17.2 Å². The molecule has 0 unspecified atom stereocenters. The van der Waals surface area contributed by atoms with Crippen molar-refractivity contribution in [1.82, 2.24) is 15.2 Å². The van der Waals surface area contributed by atoms with Crippen molar-refractivity contribution < 1.29 is 9.59 Å².